The van der Waals surface area contributed by atoms with Gasteiger partial charge in [0.15, 0.2) is 0 Å². The molecule has 0 bridgehead atoms. The Balaban J connectivity index is 4.28. The highest BCUT2D eigenvalue weighted by atomic mass is 16.3. The van der Waals surface area contributed by atoms with Crippen LogP contribution in [0.4, 0.5) is 0 Å². The van der Waals surface area contributed by atoms with E-state index in [9.17, 15) is 5.11 Å². The highest BCUT2D eigenvalue weighted by Crippen LogP contribution is 2.29. The molecule has 0 aromatic carbocycles. The van der Waals surface area contributed by atoms with Gasteiger partial charge in [0.05, 0.1) is 5.76 Å². The second kappa shape index (κ2) is 31.9. The number of unbranched alkanes of at least 4 members (excludes halogenated alkanes) is 18. The Morgan fingerprint density at radius 1 is 0.333 bits per heavy atom. The van der Waals surface area contributed by atoms with Crippen molar-refractivity contribution in [1.29, 1.82) is 0 Å². The van der Waals surface area contributed by atoms with Gasteiger partial charge in [-0.05, 0) is 132 Å². The molecule has 0 aliphatic carbocycles. The molecule has 1 N–H and O–H groups in total. The lowest BCUT2D eigenvalue weighted by Crippen LogP contribution is -1.97. The second-order valence-corrected chi connectivity index (χ2v) is 15.0. The first-order chi connectivity index (χ1) is 24.5. The molecule has 0 aromatic rings. The molecule has 1 heteroatoms. The van der Waals surface area contributed by atoms with Gasteiger partial charge in [0.2, 0.25) is 0 Å². The Bertz CT molecular complexity index is 1260. The molecule has 51 heavy (non-hydrogen) atoms. The summed E-state index contributed by atoms with van der Waals surface area (Å²) in [6.07, 6.45) is 48.3. The van der Waals surface area contributed by atoms with Gasteiger partial charge < -0.3 is 5.11 Å². The van der Waals surface area contributed by atoms with Crippen LogP contribution in [0, 0.1) is 0 Å². The lowest BCUT2D eigenvalue weighted by atomic mass is 9.89. The minimum Gasteiger partial charge on any atom is -0.512 e. The molecule has 0 saturated carbocycles. The van der Waals surface area contributed by atoms with Crippen molar-refractivity contribution in [2.75, 3.05) is 0 Å². The van der Waals surface area contributed by atoms with Gasteiger partial charge in [0.1, 0.15) is 0 Å². The van der Waals surface area contributed by atoms with Gasteiger partial charge in [-0.3, -0.25) is 0 Å². The van der Waals surface area contributed by atoms with Crippen LogP contribution in [-0.2, 0) is 0 Å². The molecule has 0 atom stereocenters. The molecular formula is C50H82O. The fourth-order valence-electron chi connectivity index (χ4n) is 6.30. The summed E-state index contributed by atoms with van der Waals surface area (Å²) in [4.78, 5) is 0. The smallest absolute Gasteiger partial charge is 0.0923 e. The topological polar surface area (TPSA) is 20.2 Å². The molecule has 0 radical (unpaired) electrons. The Hall–Kier alpha value is -2.80. The van der Waals surface area contributed by atoms with Crippen molar-refractivity contribution in [3.8, 4) is 0 Å². The van der Waals surface area contributed by atoms with E-state index < -0.39 is 0 Å². The zero-order valence-electron chi connectivity index (χ0n) is 35.7. The fraction of sp³-hybridized carbons (Fsp3) is 0.600. The lowest BCUT2D eigenvalue weighted by molar-refractivity contribution is 0.408. The standard InChI is InChI=1S/C50H82O/c1-12-13-14-15-16-17-18-19-20-21-22-23-24-25-26-27-28-29-30-31-32-33-34-35-36-37-38-39-40-41(2)42(3)43(4)44(5)45(6)46(7)47(8)48(9)49(10)50(11)51/h31-40,51H,12-30H2,1-11H3. The van der Waals surface area contributed by atoms with Crippen LogP contribution < -0.4 is 0 Å². The molecule has 0 aromatic heterocycles. The predicted octanol–water partition coefficient (Wildman–Crippen LogP) is 17.4. The summed E-state index contributed by atoms with van der Waals surface area (Å²) in [5, 5.41) is 9.94. The first-order valence-electron chi connectivity index (χ1n) is 20.9. The number of hydrogen-bond acceptors (Lipinski definition) is 1. The van der Waals surface area contributed by atoms with Crippen molar-refractivity contribution in [3.63, 3.8) is 0 Å². The highest BCUT2D eigenvalue weighted by molar-refractivity contribution is 5.51. The van der Waals surface area contributed by atoms with Gasteiger partial charge in [-0.15, -0.1) is 0 Å². The Morgan fingerprint density at radius 2 is 0.627 bits per heavy atom. The highest BCUT2D eigenvalue weighted by Gasteiger charge is 2.10. The fourth-order valence-corrected chi connectivity index (χ4v) is 6.30. The van der Waals surface area contributed by atoms with Crippen LogP contribution in [0.15, 0.2) is 117 Å². The monoisotopic (exact) mass is 699 g/mol. The van der Waals surface area contributed by atoms with Crippen LogP contribution in [0.25, 0.3) is 0 Å². The van der Waals surface area contributed by atoms with Crippen LogP contribution in [0.2, 0.25) is 0 Å². The third kappa shape index (κ3) is 24.1. The van der Waals surface area contributed by atoms with Crippen LogP contribution >= 0.6 is 0 Å². The Kier molecular flexibility index (Phi) is 30.1. The molecule has 0 saturated heterocycles. The molecule has 0 spiro atoms. The molecule has 0 heterocycles. The maximum Gasteiger partial charge on any atom is 0.0923 e. The zero-order chi connectivity index (χ0) is 38.3. The third-order valence-corrected chi connectivity index (χ3v) is 11.1. The van der Waals surface area contributed by atoms with Gasteiger partial charge in [-0.1, -0.05) is 177 Å². The van der Waals surface area contributed by atoms with E-state index in [2.05, 4.69) is 123 Å². The quantitative estimate of drug-likeness (QED) is 0.0490. The number of aliphatic hydroxyl groups excluding tert-OH is 1. The van der Waals surface area contributed by atoms with Crippen LogP contribution in [0.1, 0.15) is 198 Å². The normalized spacial score (nSPS) is 15.4. The van der Waals surface area contributed by atoms with E-state index in [1.165, 1.54) is 161 Å². The average Bonchev–Trinajstić information content (AvgIpc) is 3.13. The summed E-state index contributed by atoms with van der Waals surface area (Å²) in [7, 11) is 0. The SMILES string of the molecule is CCCCCCCCCCCCCCCCCCCCC=CC=CC=CC=CC=CC(C)=C(C)C(C)=C(C)C(C)=C(C)C(C)=C(C)C(C)=C(C)O. The largest absolute Gasteiger partial charge is 0.512 e. The molecule has 1 nitrogen and oxygen atoms in total. The van der Waals surface area contributed by atoms with Crippen LogP contribution in [0.3, 0.4) is 0 Å². The van der Waals surface area contributed by atoms with Crippen molar-refractivity contribution < 1.29 is 5.11 Å². The molecule has 0 unspecified atom stereocenters. The van der Waals surface area contributed by atoms with Crippen LogP contribution in [-0.4, -0.2) is 5.11 Å². The molecule has 0 aliphatic heterocycles. The van der Waals surface area contributed by atoms with Crippen molar-refractivity contribution in [1.82, 2.24) is 0 Å². The molecule has 288 valence electrons. The Morgan fingerprint density at radius 3 is 1.00 bits per heavy atom. The van der Waals surface area contributed by atoms with Crippen LogP contribution in [0.5, 0.6) is 0 Å². The van der Waals surface area contributed by atoms with Crippen molar-refractivity contribution in [2.24, 2.45) is 0 Å². The lowest BCUT2D eigenvalue weighted by Gasteiger charge is -2.17. The summed E-state index contributed by atoms with van der Waals surface area (Å²) >= 11 is 0. The van der Waals surface area contributed by atoms with E-state index in [1.807, 2.05) is 6.92 Å². The summed E-state index contributed by atoms with van der Waals surface area (Å²) < 4.78 is 0. The minimum absolute atomic E-state index is 0.386. The molecule has 0 rings (SSSR count). The number of rotatable bonds is 28. The van der Waals surface area contributed by atoms with E-state index in [1.54, 1.807) is 6.92 Å². The minimum atomic E-state index is 0.386. The van der Waals surface area contributed by atoms with Gasteiger partial charge in [0, 0.05) is 0 Å². The van der Waals surface area contributed by atoms with E-state index in [0.717, 1.165) is 11.1 Å². The van der Waals surface area contributed by atoms with E-state index in [4.69, 9.17) is 0 Å². The van der Waals surface area contributed by atoms with E-state index >= 15 is 0 Å². The van der Waals surface area contributed by atoms with E-state index in [-0.39, 0.29) is 0 Å². The molecular weight excluding hydrogens is 617 g/mol. The number of allylic oxidation sites excluding steroid dienone is 20. The third-order valence-electron chi connectivity index (χ3n) is 11.1. The van der Waals surface area contributed by atoms with Crippen molar-refractivity contribution >= 4 is 0 Å². The number of hydrogen-bond donors (Lipinski definition) is 1. The maximum absolute atomic E-state index is 9.94. The molecule has 0 amide bonds. The van der Waals surface area contributed by atoms with E-state index in [0.29, 0.717) is 5.76 Å². The van der Waals surface area contributed by atoms with Crippen molar-refractivity contribution in [3.05, 3.63) is 117 Å². The Labute approximate surface area is 319 Å². The maximum atomic E-state index is 9.94. The predicted molar refractivity (Wildman–Crippen MR) is 234 cm³/mol. The summed E-state index contributed by atoms with van der Waals surface area (Å²) in [6.45, 7) is 23.5. The zero-order valence-corrected chi connectivity index (χ0v) is 35.7. The molecule has 0 fully saturated rings. The first kappa shape index (κ1) is 48.2. The van der Waals surface area contributed by atoms with Gasteiger partial charge in [-0.25, -0.2) is 0 Å². The van der Waals surface area contributed by atoms with Gasteiger partial charge >= 0.3 is 0 Å². The first-order valence-corrected chi connectivity index (χ1v) is 20.9. The summed E-state index contributed by atoms with van der Waals surface area (Å²) in [5.41, 5.74) is 11.1. The summed E-state index contributed by atoms with van der Waals surface area (Å²) in [5.74, 6) is 0.386. The van der Waals surface area contributed by atoms with Gasteiger partial charge in [-0.2, -0.15) is 0 Å². The average molecular weight is 699 g/mol. The van der Waals surface area contributed by atoms with Crippen molar-refractivity contribution in [2.45, 2.75) is 198 Å². The second-order valence-electron chi connectivity index (χ2n) is 15.0. The number of aliphatic hydroxyl groups is 1. The summed E-state index contributed by atoms with van der Waals surface area (Å²) in [6, 6.07) is 0. The van der Waals surface area contributed by atoms with Gasteiger partial charge in [0.25, 0.3) is 0 Å². The molecule has 0 aliphatic rings.